The first-order valence-electron chi connectivity index (χ1n) is 38.3. The van der Waals surface area contributed by atoms with Gasteiger partial charge in [-0.25, -0.2) is 4.57 Å². The number of unbranched alkanes of at least 4 members (excludes halogenated alkanes) is 34. The van der Waals surface area contributed by atoms with Crippen LogP contribution in [0.4, 0.5) is 0 Å². The van der Waals surface area contributed by atoms with Gasteiger partial charge in [-0.05, 0) is 116 Å². The van der Waals surface area contributed by atoms with Gasteiger partial charge < -0.3 is 20.1 Å². The molecular weight excluding hydrogens is 1170 g/mol. The molecule has 0 saturated carbocycles. The lowest BCUT2D eigenvalue weighted by Gasteiger charge is -2.19. The minimum absolute atomic E-state index is 0.0479. The molecule has 9 nitrogen and oxygen atoms in total. The number of phosphoric acid groups is 1. The molecule has 0 heterocycles. The van der Waals surface area contributed by atoms with Crippen LogP contribution in [0, 0.1) is 0 Å². The van der Waals surface area contributed by atoms with Crippen LogP contribution in [0.25, 0.3) is 0 Å². The molecule has 0 rings (SSSR count). The number of phosphoric ester groups is 1. The Balaban J connectivity index is 3.83. The molecule has 0 aromatic carbocycles. The Morgan fingerprint density at radius 2 is 0.559 bits per heavy atom. The van der Waals surface area contributed by atoms with Gasteiger partial charge in [-0.15, -0.1) is 0 Å². The third-order valence-corrected chi connectivity index (χ3v) is 17.2. The van der Waals surface area contributed by atoms with Crippen LogP contribution in [-0.4, -0.2) is 49.3 Å². The van der Waals surface area contributed by atoms with Gasteiger partial charge in [0.2, 0.25) is 0 Å². The quantitative estimate of drug-likeness (QED) is 0.0264. The third kappa shape index (κ3) is 76.8. The van der Waals surface area contributed by atoms with Crippen LogP contribution in [0.5, 0.6) is 0 Å². The molecule has 0 saturated heterocycles. The molecule has 532 valence electrons. The topological polar surface area (TPSA) is 134 Å². The number of ether oxygens (including phenoxy) is 2. The summed E-state index contributed by atoms with van der Waals surface area (Å²) in [4.78, 5) is 35.4. The number of hydrogen-bond acceptors (Lipinski definition) is 8. The van der Waals surface area contributed by atoms with Crippen molar-refractivity contribution in [1.29, 1.82) is 0 Å². The van der Waals surface area contributed by atoms with Crippen molar-refractivity contribution in [1.82, 2.24) is 0 Å². The number of carbonyl (C=O) groups excluding carboxylic acids is 2. The standard InChI is InChI=1S/C83H142NO8P/c1-3-5-7-9-11-13-15-17-19-21-23-25-27-29-31-33-35-36-37-38-39-40-41-42-43-44-46-47-49-51-53-55-57-59-61-63-65-67-69-71-73-75-82(85)89-79-81(80-91-93(87,88)90-78-77-84)92-83(86)76-74-72-70-68-66-64-62-60-58-56-54-52-50-48-45-34-32-30-28-26-24-22-20-18-16-14-12-10-8-6-4-2/h5-8,11-14,17-20,23-26,29-32,45,48,52,54,81H,3-4,9-10,15-16,21-22,27-28,33-44,46-47,49-51,53,55-80,84H2,1-2H3,(H,87,88)/b7-5-,8-6-,13-11-,14-12-,19-17-,20-18-,25-23-,26-24-,31-29-,32-30-,48-45-,54-52-. The highest BCUT2D eigenvalue weighted by Gasteiger charge is 2.26. The van der Waals surface area contributed by atoms with Crippen molar-refractivity contribution in [2.75, 3.05) is 26.4 Å². The van der Waals surface area contributed by atoms with Gasteiger partial charge in [0.15, 0.2) is 6.10 Å². The number of hydrogen-bond donors (Lipinski definition) is 2. The van der Waals surface area contributed by atoms with E-state index >= 15 is 0 Å². The summed E-state index contributed by atoms with van der Waals surface area (Å²) in [6.45, 7) is 3.53. The Morgan fingerprint density at radius 3 is 0.828 bits per heavy atom. The van der Waals surface area contributed by atoms with Crippen LogP contribution >= 0.6 is 7.82 Å². The van der Waals surface area contributed by atoms with Crippen molar-refractivity contribution in [3.05, 3.63) is 146 Å². The van der Waals surface area contributed by atoms with Crippen LogP contribution in [0.2, 0.25) is 0 Å². The molecule has 0 radical (unpaired) electrons. The smallest absolute Gasteiger partial charge is 0.462 e. The van der Waals surface area contributed by atoms with Gasteiger partial charge in [-0.3, -0.25) is 18.6 Å². The van der Waals surface area contributed by atoms with E-state index in [-0.39, 0.29) is 38.6 Å². The van der Waals surface area contributed by atoms with E-state index in [9.17, 15) is 19.0 Å². The van der Waals surface area contributed by atoms with E-state index in [4.69, 9.17) is 24.3 Å². The Hall–Kier alpha value is -4.11. The maximum atomic E-state index is 12.8. The first-order valence-corrected chi connectivity index (χ1v) is 39.8. The average Bonchev–Trinajstić information content (AvgIpc) is 3.70. The zero-order valence-corrected chi connectivity index (χ0v) is 60.8. The zero-order valence-electron chi connectivity index (χ0n) is 59.9. The van der Waals surface area contributed by atoms with Crippen molar-refractivity contribution >= 4 is 19.8 Å². The fourth-order valence-electron chi connectivity index (χ4n) is 10.6. The Bertz CT molecular complexity index is 2040. The van der Waals surface area contributed by atoms with Crippen molar-refractivity contribution in [3.8, 4) is 0 Å². The molecule has 2 unspecified atom stereocenters. The summed E-state index contributed by atoms with van der Waals surface area (Å²) in [7, 11) is -4.40. The van der Waals surface area contributed by atoms with Crippen LogP contribution in [0.1, 0.15) is 335 Å². The Labute approximate surface area is 573 Å². The molecule has 0 aliphatic rings. The molecule has 0 fully saturated rings. The second-order valence-corrected chi connectivity index (χ2v) is 26.6. The lowest BCUT2D eigenvalue weighted by Crippen LogP contribution is -2.29. The average molecular weight is 1310 g/mol. The summed E-state index contributed by atoms with van der Waals surface area (Å²) in [5.41, 5.74) is 5.41. The van der Waals surface area contributed by atoms with Crippen LogP contribution < -0.4 is 5.73 Å². The number of allylic oxidation sites excluding steroid dienone is 24. The van der Waals surface area contributed by atoms with Gasteiger partial charge in [0.25, 0.3) is 0 Å². The second kappa shape index (κ2) is 76.9. The summed E-state index contributed by atoms with van der Waals surface area (Å²) in [6, 6.07) is 0. The van der Waals surface area contributed by atoms with E-state index in [1.54, 1.807) is 0 Å². The fourth-order valence-corrected chi connectivity index (χ4v) is 11.4. The van der Waals surface area contributed by atoms with E-state index in [0.29, 0.717) is 6.42 Å². The van der Waals surface area contributed by atoms with Crippen molar-refractivity contribution in [2.45, 2.75) is 341 Å². The fraction of sp³-hybridized carbons (Fsp3) is 0.687. The largest absolute Gasteiger partial charge is 0.472 e. The monoisotopic (exact) mass is 1310 g/mol. The molecule has 0 aliphatic heterocycles. The minimum Gasteiger partial charge on any atom is -0.462 e. The maximum absolute atomic E-state index is 12.8. The second-order valence-electron chi connectivity index (χ2n) is 25.1. The molecule has 0 amide bonds. The highest BCUT2D eigenvalue weighted by Crippen LogP contribution is 2.43. The number of esters is 2. The van der Waals surface area contributed by atoms with Crippen LogP contribution in [-0.2, 0) is 32.7 Å². The van der Waals surface area contributed by atoms with Gasteiger partial charge in [-0.1, -0.05) is 352 Å². The number of carbonyl (C=O) groups is 2. The summed E-state index contributed by atoms with van der Waals surface area (Å²) in [5, 5.41) is 0. The summed E-state index contributed by atoms with van der Waals surface area (Å²) in [5.74, 6) is -0.829. The van der Waals surface area contributed by atoms with Crippen molar-refractivity contribution in [3.63, 3.8) is 0 Å². The Morgan fingerprint density at radius 1 is 0.323 bits per heavy atom. The van der Waals surface area contributed by atoms with Gasteiger partial charge in [0, 0.05) is 19.4 Å². The van der Waals surface area contributed by atoms with Crippen LogP contribution in [0.3, 0.4) is 0 Å². The molecule has 0 aromatic heterocycles. The van der Waals surface area contributed by atoms with E-state index in [0.717, 1.165) is 122 Å². The van der Waals surface area contributed by atoms with Gasteiger partial charge >= 0.3 is 19.8 Å². The highest BCUT2D eigenvalue weighted by atomic mass is 31.2. The Kier molecular flexibility index (Phi) is 73.5. The molecule has 93 heavy (non-hydrogen) atoms. The molecule has 0 aromatic rings. The summed E-state index contributed by atoms with van der Waals surface area (Å²) in [6.07, 6.45) is 111. The lowest BCUT2D eigenvalue weighted by atomic mass is 10.0. The molecule has 0 spiro atoms. The van der Waals surface area contributed by atoms with Crippen LogP contribution in [0.15, 0.2) is 146 Å². The number of nitrogens with two attached hydrogens (primary N) is 1. The van der Waals surface area contributed by atoms with Gasteiger partial charge in [0.05, 0.1) is 13.2 Å². The SMILES string of the molecule is CC/C=C\C/C=C\C/C=C\C/C=C\C/C=C\C/C=C\C/C=C\CCCCCCCCCCCC(=O)OC(COC(=O)CCCCCCCCCCCCCCCCCCCCCCCCCCC/C=C\C/C=C\C/C=C\C/C=C\C/C=C\CC)COP(=O)(O)OCCN. The maximum Gasteiger partial charge on any atom is 0.472 e. The number of rotatable bonds is 71. The molecule has 0 bridgehead atoms. The molecule has 2 atom stereocenters. The third-order valence-electron chi connectivity index (χ3n) is 16.2. The first-order chi connectivity index (χ1) is 45.8. The van der Waals surface area contributed by atoms with Crippen molar-refractivity contribution < 1.29 is 37.6 Å². The van der Waals surface area contributed by atoms with E-state index in [1.165, 1.54) is 180 Å². The first kappa shape index (κ1) is 88.9. The van der Waals surface area contributed by atoms with E-state index in [2.05, 4.69) is 160 Å². The molecule has 0 aliphatic carbocycles. The van der Waals surface area contributed by atoms with Crippen molar-refractivity contribution in [2.24, 2.45) is 5.73 Å². The highest BCUT2D eigenvalue weighted by molar-refractivity contribution is 7.47. The predicted molar refractivity (Wildman–Crippen MR) is 404 cm³/mol. The predicted octanol–water partition coefficient (Wildman–Crippen LogP) is 25.8. The molecule has 10 heteroatoms. The normalized spacial score (nSPS) is 13.7. The lowest BCUT2D eigenvalue weighted by molar-refractivity contribution is -0.161. The minimum atomic E-state index is -4.40. The van der Waals surface area contributed by atoms with E-state index < -0.39 is 26.5 Å². The van der Waals surface area contributed by atoms with Gasteiger partial charge in [0.1, 0.15) is 6.61 Å². The van der Waals surface area contributed by atoms with Gasteiger partial charge in [-0.2, -0.15) is 0 Å². The van der Waals surface area contributed by atoms with E-state index in [1.807, 2.05) is 0 Å². The zero-order chi connectivity index (χ0) is 67.2. The molecule has 3 N–H and O–H groups in total. The summed E-state index contributed by atoms with van der Waals surface area (Å²) < 4.78 is 33.2. The molecular formula is C83H142NO8P. The summed E-state index contributed by atoms with van der Waals surface area (Å²) >= 11 is 0.